The molecule has 1 aliphatic rings. The Bertz CT molecular complexity index is 1320. The van der Waals surface area contributed by atoms with Crippen molar-refractivity contribution >= 4 is 34.7 Å². The summed E-state index contributed by atoms with van der Waals surface area (Å²) in [6.07, 6.45) is 0. The van der Waals surface area contributed by atoms with Crippen LogP contribution in [0.25, 0.3) is 16.6 Å². The number of hydrogen-bond donors (Lipinski definition) is 2. The Morgan fingerprint density at radius 1 is 1.18 bits per heavy atom. The fourth-order valence-corrected chi connectivity index (χ4v) is 4.39. The monoisotopic (exact) mass is 466 g/mol. The maximum Gasteiger partial charge on any atom is 0.337 e. The van der Waals surface area contributed by atoms with Crippen molar-refractivity contribution in [2.45, 2.75) is 12.1 Å². The number of amides is 2. The molecule has 0 unspecified atom stereocenters. The summed E-state index contributed by atoms with van der Waals surface area (Å²) < 4.78 is 11.9. The third-order valence-electron chi connectivity index (χ3n) is 4.98. The highest BCUT2D eigenvalue weighted by atomic mass is 32.2. The Labute approximate surface area is 193 Å². The number of fused-ring (bicyclic) bond motifs is 1. The number of carbonyl (C=O) groups excluding carboxylic acids is 2. The molecule has 0 saturated carbocycles. The van der Waals surface area contributed by atoms with E-state index in [0.29, 0.717) is 38.8 Å². The molecule has 0 fully saturated rings. The summed E-state index contributed by atoms with van der Waals surface area (Å²) in [4.78, 5) is 42.4. The topological polar surface area (TPSA) is 112 Å². The minimum absolute atomic E-state index is 0.0639. The Balaban J connectivity index is 1.79. The number of thioether (sulfide) groups is 1. The van der Waals surface area contributed by atoms with Crippen LogP contribution < -0.4 is 20.9 Å². The molecule has 2 amide bonds. The predicted molar refractivity (Wildman–Crippen MR) is 125 cm³/mol. The van der Waals surface area contributed by atoms with E-state index >= 15 is 0 Å². The molecule has 170 valence electrons. The van der Waals surface area contributed by atoms with E-state index in [-0.39, 0.29) is 24.5 Å². The summed E-state index contributed by atoms with van der Waals surface area (Å²) in [6.45, 7) is 2.00. The molecule has 1 aromatic heterocycles. The quantitative estimate of drug-likeness (QED) is 0.313. The Hall–Kier alpha value is -3.79. The molecule has 9 nitrogen and oxygen atoms in total. The molecule has 4 rings (SSSR count). The lowest BCUT2D eigenvalue weighted by atomic mass is 10.2. The minimum Gasteiger partial charge on any atom is -0.497 e. The van der Waals surface area contributed by atoms with E-state index in [0.717, 1.165) is 0 Å². The number of rotatable bonds is 7. The first kappa shape index (κ1) is 22.4. The van der Waals surface area contributed by atoms with Crippen LogP contribution in [0.15, 0.2) is 69.8 Å². The average molecular weight is 467 g/mol. The van der Waals surface area contributed by atoms with Gasteiger partial charge in [-0.25, -0.2) is 14.6 Å². The second-order valence-corrected chi connectivity index (χ2v) is 7.97. The van der Waals surface area contributed by atoms with E-state index in [4.69, 9.17) is 14.5 Å². The van der Waals surface area contributed by atoms with Crippen molar-refractivity contribution in [2.75, 3.05) is 26.0 Å². The number of hydrogen-bond acceptors (Lipinski definition) is 7. The van der Waals surface area contributed by atoms with E-state index in [2.05, 4.69) is 10.6 Å². The number of nitrogens with one attached hydrogen (secondary N) is 2. The molecule has 2 heterocycles. The number of methoxy groups -OCH3 is 1. The van der Waals surface area contributed by atoms with Gasteiger partial charge in [0.2, 0.25) is 0 Å². The SMILES string of the molecule is CCOC(=O)C1=C(CSc2nc3ccccc3c(=O)n2-c2cccc(OC)c2)NC(=O)NC1. The van der Waals surface area contributed by atoms with Gasteiger partial charge in [0.25, 0.3) is 5.56 Å². The maximum absolute atomic E-state index is 13.4. The van der Waals surface area contributed by atoms with Crippen LogP contribution in [0, 0.1) is 0 Å². The zero-order valence-electron chi connectivity index (χ0n) is 18.1. The summed E-state index contributed by atoms with van der Waals surface area (Å²) in [6, 6.07) is 13.8. The molecule has 10 heteroatoms. The third kappa shape index (κ3) is 4.70. The fraction of sp³-hybridized carbons (Fsp3) is 0.217. The van der Waals surface area contributed by atoms with Crippen LogP contribution in [-0.2, 0) is 9.53 Å². The number of carbonyl (C=O) groups is 2. The molecule has 0 spiro atoms. The summed E-state index contributed by atoms with van der Waals surface area (Å²) >= 11 is 1.24. The van der Waals surface area contributed by atoms with E-state index in [1.165, 1.54) is 16.3 Å². The standard InChI is InChI=1S/C23H22N4O5S/c1-3-32-21(29)17-12-24-22(30)25-19(17)13-33-23-26-18-10-5-4-9-16(18)20(28)27(23)14-7-6-8-15(11-14)31-2/h4-11H,3,12-13H2,1-2H3,(H2,24,25,30). The summed E-state index contributed by atoms with van der Waals surface area (Å²) in [5.74, 6) is 0.301. The fourth-order valence-electron chi connectivity index (χ4n) is 3.39. The van der Waals surface area contributed by atoms with E-state index in [9.17, 15) is 14.4 Å². The average Bonchev–Trinajstić information content (AvgIpc) is 2.83. The van der Waals surface area contributed by atoms with Crippen molar-refractivity contribution in [1.82, 2.24) is 20.2 Å². The highest BCUT2D eigenvalue weighted by Gasteiger charge is 2.24. The second-order valence-electron chi connectivity index (χ2n) is 7.03. The smallest absolute Gasteiger partial charge is 0.337 e. The Kier molecular flexibility index (Phi) is 6.64. The predicted octanol–water partition coefficient (Wildman–Crippen LogP) is 2.62. The molecular formula is C23H22N4O5S. The van der Waals surface area contributed by atoms with Crippen molar-refractivity contribution in [3.8, 4) is 11.4 Å². The minimum atomic E-state index is -0.503. The zero-order valence-corrected chi connectivity index (χ0v) is 18.9. The highest BCUT2D eigenvalue weighted by molar-refractivity contribution is 7.99. The van der Waals surface area contributed by atoms with Gasteiger partial charge >= 0.3 is 12.0 Å². The van der Waals surface area contributed by atoms with Crippen LogP contribution in [-0.4, -0.2) is 47.6 Å². The number of ether oxygens (including phenoxy) is 2. The number of urea groups is 1. The molecule has 3 aromatic rings. The first-order valence-electron chi connectivity index (χ1n) is 10.2. The van der Waals surface area contributed by atoms with E-state index in [1.807, 2.05) is 6.07 Å². The third-order valence-corrected chi connectivity index (χ3v) is 5.94. The molecular weight excluding hydrogens is 444 g/mol. The van der Waals surface area contributed by atoms with Crippen LogP contribution in [0.3, 0.4) is 0 Å². The first-order chi connectivity index (χ1) is 16.0. The van der Waals surface area contributed by atoms with Crippen LogP contribution in [0.1, 0.15) is 6.92 Å². The maximum atomic E-state index is 13.4. The molecule has 0 aliphatic carbocycles. The lowest BCUT2D eigenvalue weighted by Gasteiger charge is -2.21. The van der Waals surface area contributed by atoms with Gasteiger partial charge in [-0.05, 0) is 31.2 Å². The van der Waals surface area contributed by atoms with Crippen molar-refractivity contribution in [3.05, 3.63) is 70.2 Å². The molecule has 0 atom stereocenters. The summed E-state index contributed by atoms with van der Waals surface area (Å²) in [5.41, 5.74) is 1.67. The van der Waals surface area contributed by atoms with E-state index < -0.39 is 12.0 Å². The number of benzene rings is 2. The lowest BCUT2D eigenvalue weighted by molar-refractivity contribution is -0.138. The van der Waals surface area contributed by atoms with Gasteiger partial charge in [0.1, 0.15) is 5.75 Å². The van der Waals surface area contributed by atoms with Gasteiger partial charge in [0.15, 0.2) is 5.16 Å². The van der Waals surface area contributed by atoms with Crippen LogP contribution in [0.5, 0.6) is 5.75 Å². The van der Waals surface area contributed by atoms with Crippen LogP contribution >= 0.6 is 11.8 Å². The second kappa shape index (κ2) is 9.78. The lowest BCUT2D eigenvalue weighted by Crippen LogP contribution is -2.44. The van der Waals surface area contributed by atoms with Gasteiger partial charge in [0.05, 0.1) is 42.4 Å². The molecule has 33 heavy (non-hydrogen) atoms. The Morgan fingerprint density at radius 3 is 2.79 bits per heavy atom. The normalized spacial score (nSPS) is 13.5. The first-order valence-corrected chi connectivity index (χ1v) is 11.2. The van der Waals surface area contributed by atoms with Crippen molar-refractivity contribution < 1.29 is 19.1 Å². The van der Waals surface area contributed by atoms with E-state index in [1.54, 1.807) is 56.5 Å². The van der Waals surface area contributed by atoms with Crippen molar-refractivity contribution in [2.24, 2.45) is 0 Å². The molecule has 0 radical (unpaired) electrons. The number of para-hydroxylation sites is 1. The summed E-state index contributed by atoms with van der Waals surface area (Å²) in [7, 11) is 1.55. The van der Waals surface area contributed by atoms with Gasteiger partial charge in [-0.2, -0.15) is 0 Å². The van der Waals surface area contributed by atoms with Gasteiger partial charge in [-0.3, -0.25) is 9.36 Å². The van der Waals surface area contributed by atoms with Crippen molar-refractivity contribution in [3.63, 3.8) is 0 Å². The molecule has 1 aliphatic heterocycles. The van der Waals surface area contributed by atoms with Crippen molar-refractivity contribution in [1.29, 1.82) is 0 Å². The zero-order chi connectivity index (χ0) is 23.4. The van der Waals surface area contributed by atoms with Crippen LogP contribution in [0.4, 0.5) is 4.79 Å². The largest absolute Gasteiger partial charge is 0.497 e. The number of aromatic nitrogens is 2. The number of nitrogens with zero attached hydrogens (tertiary/aromatic N) is 2. The summed E-state index contributed by atoms with van der Waals surface area (Å²) in [5, 5.41) is 6.15. The van der Waals surface area contributed by atoms with Gasteiger partial charge in [0, 0.05) is 17.5 Å². The van der Waals surface area contributed by atoms with Gasteiger partial charge < -0.3 is 20.1 Å². The molecule has 2 N–H and O–H groups in total. The molecule has 0 bridgehead atoms. The highest BCUT2D eigenvalue weighted by Crippen LogP contribution is 2.25. The molecule has 0 saturated heterocycles. The van der Waals surface area contributed by atoms with Gasteiger partial charge in [-0.1, -0.05) is 30.0 Å². The number of esters is 1. The van der Waals surface area contributed by atoms with Crippen LogP contribution in [0.2, 0.25) is 0 Å². The van der Waals surface area contributed by atoms with Gasteiger partial charge in [-0.15, -0.1) is 0 Å². The molecule has 2 aromatic carbocycles. The Morgan fingerprint density at radius 2 is 2.00 bits per heavy atom.